The highest BCUT2D eigenvalue weighted by molar-refractivity contribution is 6.32. The number of methoxy groups -OCH3 is 4. The second-order valence-electron chi connectivity index (χ2n) is 32.8. The minimum Gasteiger partial charge on any atom is -0.494 e. The molecule has 0 spiro atoms. The standard InChI is InChI=1S/C27H31N7O4.C27H31N7O3.C26H27ClN6O5.C24H24ClN5O4/c1-4-24(36)29-19-6-5-7-20(14-19)30-26-18(2)16-28-27(32-26)31-22-9-8-21(15-23(22)38-3)33-10-12-34(13-11-33)25(37)17-35;1-5-25(36)29-20-7-6-8-21(15-20)30-26-18(2)17-28-27(32-26)31-23-10-9-22(16-24(23)37-4)34-13-11-33(12-14-34)19(3)35;1-3-23(35)29-17-5-4-6-19(13-17)38-25-20(27)15-28-26(31-25)30-21-8-7-18(14-22(21)37-2)32-9-11-33(12-10-32)24(36)16-34;1-3-22(31)27-16-5-4-6-18(13-16)34-23-19(25)15-26-24(29-23)28-20-8-7-17(14-21(20)32-2)30-9-11-33-12-10-30/h4-9,14-16,35H,1,10-13,17H2,2-3H3,(H,29,36)(H2,28,30,31,32);5-10,15-17H,1,11-14H2,2-4H3,(H,29,36)(H2,28,30,31,32);3-8,13-15,34H,1,9-12,16H2,2H3,(H,29,35)(H,28,30,31);3-8,13-15H,1,9-12H2,2H3,(H,27,31)(H,26,28,29). The zero-order valence-electron chi connectivity index (χ0n) is 81.9. The van der Waals surface area contributed by atoms with Gasteiger partial charge in [0.25, 0.3) is 0 Å². The number of nitrogens with zero attached hydrogens (tertiary/aromatic N) is 15. The molecule has 0 saturated carbocycles. The van der Waals surface area contributed by atoms with E-state index >= 15 is 0 Å². The lowest BCUT2D eigenvalue weighted by Crippen LogP contribution is -2.49. The number of aromatic nitrogens is 8. The maximum absolute atomic E-state index is 11.7. The Hall–Kier alpha value is -17.4. The van der Waals surface area contributed by atoms with Crippen LogP contribution in [0.4, 0.5) is 115 Å². The molecule has 4 fully saturated rings. The van der Waals surface area contributed by atoms with Crippen molar-refractivity contribution >= 4 is 180 Å². The van der Waals surface area contributed by atoms with E-state index in [9.17, 15) is 33.6 Å². The van der Waals surface area contributed by atoms with Crippen molar-refractivity contribution in [2.75, 3.05) is 219 Å². The first-order valence-corrected chi connectivity index (χ1v) is 47.1. The number of aryl methyl sites for hydroxylation is 2. The van der Waals surface area contributed by atoms with E-state index < -0.39 is 13.2 Å². The summed E-state index contributed by atoms with van der Waals surface area (Å²) in [4.78, 5) is 131. The molecule has 0 radical (unpaired) electrons. The summed E-state index contributed by atoms with van der Waals surface area (Å²) in [6.45, 7) is 29.1. The Bertz CT molecular complexity index is 6520. The Labute approximate surface area is 859 Å². The topological polar surface area (TPSA) is 471 Å². The summed E-state index contributed by atoms with van der Waals surface area (Å²) < 4.78 is 39.6. The number of amides is 7. The minimum absolute atomic E-state index is 0.107. The minimum atomic E-state index is -0.478. The lowest BCUT2D eigenvalue weighted by molar-refractivity contribution is -0.135. The van der Waals surface area contributed by atoms with Crippen molar-refractivity contribution in [2.24, 2.45) is 0 Å². The molecule has 12 N–H and O–H groups in total. The van der Waals surface area contributed by atoms with Gasteiger partial charge in [0.15, 0.2) is 0 Å². The second-order valence-corrected chi connectivity index (χ2v) is 33.6. The quantitative estimate of drug-likeness (QED) is 0.0167. The largest absolute Gasteiger partial charge is 0.494 e. The first-order valence-electron chi connectivity index (χ1n) is 46.4. The number of carbonyl (C=O) groups is 7. The highest BCUT2D eigenvalue weighted by Gasteiger charge is 2.27. The molecule has 41 nitrogen and oxygen atoms in total. The van der Waals surface area contributed by atoms with Gasteiger partial charge in [0.1, 0.15) is 69.4 Å². The first-order chi connectivity index (χ1) is 71.2. The van der Waals surface area contributed by atoms with Crippen LogP contribution < -0.4 is 101 Å². The third kappa shape index (κ3) is 30.3. The number of hydrogen-bond acceptors (Lipinski definition) is 34. The van der Waals surface area contributed by atoms with Crippen LogP contribution in [0.5, 0.6) is 46.3 Å². The van der Waals surface area contributed by atoms with Crippen molar-refractivity contribution in [3.05, 3.63) is 266 Å². The molecular formula is C104H113Cl2N25O16. The van der Waals surface area contributed by atoms with Crippen LogP contribution in [0.1, 0.15) is 18.1 Å². The van der Waals surface area contributed by atoms with Gasteiger partial charge in [-0.15, -0.1) is 0 Å². The highest BCUT2D eigenvalue weighted by Crippen LogP contribution is 2.40. The van der Waals surface area contributed by atoms with Crippen molar-refractivity contribution in [2.45, 2.75) is 20.8 Å². The fourth-order valence-corrected chi connectivity index (χ4v) is 15.5. The average molecular weight is 2040 g/mol. The van der Waals surface area contributed by atoms with Gasteiger partial charge >= 0.3 is 0 Å². The Morgan fingerprint density at radius 3 is 0.952 bits per heavy atom. The Morgan fingerprint density at radius 2 is 0.646 bits per heavy atom. The molecule has 147 heavy (non-hydrogen) atoms. The summed E-state index contributed by atoms with van der Waals surface area (Å²) in [5.41, 5.74) is 12.3. The van der Waals surface area contributed by atoms with E-state index in [0.29, 0.717) is 177 Å². The molecule has 4 aliphatic heterocycles. The van der Waals surface area contributed by atoms with E-state index in [1.807, 2.05) is 122 Å². The van der Waals surface area contributed by atoms with Gasteiger partial charge < -0.3 is 131 Å². The molecule has 0 unspecified atom stereocenters. The van der Waals surface area contributed by atoms with E-state index in [0.717, 1.165) is 77.1 Å². The number of aliphatic hydroxyl groups excluding tert-OH is 2. The summed E-state index contributed by atoms with van der Waals surface area (Å²) in [7, 11) is 6.40. The third-order valence-corrected chi connectivity index (χ3v) is 23.5. The van der Waals surface area contributed by atoms with Crippen molar-refractivity contribution < 1.29 is 76.9 Å². The predicted molar refractivity (Wildman–Crippen MR) is 570 cm³/mol. The summed E-state index contributed by atoms with van der Waals surface area (Å²) in [5, 5.41) is 48.8. The molecule has 4 saturated heterocycles. The Morgan fingerprint density at radius 1 is 0.361 bits per heavy atom. The monoisotopic (exact) mass is 2040 g/mol. The van der Waals surface area contributed by atoms with E-state index in [1.54, 1.807) is 124 Å². The highest BCUT2D eigenvalue weighted by atomic mass is 35.5. The normalized spacial score (nSPS) is 13.1. The molecule has 0 bridgehead atoms. The fraction of sp³-hybridized carbons (Fsp3) is 0.240. The summed E-state index contributed by atoms with van der Waals surface area (Å²) >= 11 is 12.5. The molecule has 4 aliphatic rings. The van der Waals surface area contributed by atoms with Crippen LogP contribution >= 0.6 is 23.2 Å². The van der Waals surface area contributed by atoms with Gasteiger partial charge in [0.05, 0.1) is 76.8 Å². The van der Waals surface area contributed by atoms with Crippen molar-refractivity contribution in [1.82, 2.24) is 54.6 Å². The number of halogens is 2. The molecule has 764 valence electrons. The average Bonchev–Trinajstić information content (AvgIpc) is 0.822. The second kappa shape index (κ2) is 52.5. The number of hydrogen-bond donors (Lipinski definition) is 12. The van der Waals surface area contributed by atoms with Gasteiger partial charge in [0.2, 0.25) is 76.9 Å². The number of nitrogens with one attached hydrogen (secondary N) is 10. The zero-order chi connectivity index (χ0) is 104. The van der Waals surface area contributed by atoms with E-state index in [2.05, 4.69) is 139 Å². The zero-order valence-corrected chi connectivity index (χ0v) is 83.4. The molecule has 8 heterocycles. The number of ether oxygens (including phenoxy) is 7. The SMILES string of the molecule is C=CC(=O)Nc1cccc(Nc2nc(Nc3ccc(N4CCN(C(=O)CO)CC4)cc3OC)ncc2C)c1.C=CC(=O)Nc1cccc(Nc2nc(Nc3ccc(N4CCN(C(C)=O)CC4)cc3OC)ncc2C)c1.C=CC(=O)Nc1cccc(Oc2nc(Nc3ccc(N4CCN(C(=O)CO)CC4)cc3OC)ncc2Cl)c1.C=CC(=O)Nc1cccc(Oc2nc(Nc3ccc(N4CCOCC4)cc3OC)ncc2Cl)c1. The molecule has 43 heteroatoms. The lowest BCUT2D eigenvalue weighted by atomic mass is 10.2. The van der Waals surface area contributed by atoms with Gasteiger partial charge in [-0.05, 0) is 147 Å². The molecule has 0 atom stereocenters. The van der Waals surface area contributed by atoms with Crippen LogP contribution in [0.3, 0.4) is 0 Å². The lowest BCUT2D eigenvalue weighted by Gasteiger charge is -2.36. The van der Waals surface area contributed by atoms with Crippen LogP contribution in [0.15, 0.2) is 245 Å². The number of aliphatic hydroxyl groups is 2. The summed E-state index contributed by atoms with van der Waals surface area (Å²) in [5.74, 6) is 4.59. The van der Waals surface area contributed by atoms with E-state index in [4.69, 9.17) is 66.6 Å². The van der Waals surface area contributed by atoms with Gasteiger partial charge in [-0.3, -0.25) is 33.6 Å². The molecule has 12 aromatic rings. The van der Waals surface area contributed by atoms with Crippen molar-refractivity contribution in [3.63, 3.8) is 0 Å². The van der Waals surface area contributed by atoms with Crippen molar-refractivity contribution in [3.8, 4) is 46.3 Å². The molecule has 0 aliphatic carbocycles. The van der Waals surface area contributed by atoms with Crippen molar-refractivity contribution in [1.29, 1.82) is 0 Å². The number of anilines is 20. The molecule has 8 aromatic carbocycles. The molecule has 16 rings (SSSR count). The maximum Gasteiger partial charge on any atom is 0.248 e. The smallest absolute Gasteiger partial charge is 0.248 e. The maximum atomic E-state index is 11.7. The number of piperazine rings is 3. The first kappa shape index (κ1) is 107. The van der Waals surface area contributed by atoms with Gasteiger partial charge in [0, 0.05) is 215 Å². The van der Waals surface area contributed by atoms with Crippen LogP contribution in [0, 0.1) is 13.8 Å². The van der Waals surface area contributed by atoms with Crippen LogP contribution in [0.25, 0.3) is 0 Å². The third-order valence-electron chi connectivity index (χ3n) is 23.0. The van der Waals surface area contributed by atoms with Crippen LogP contribution in [0.2, 0.25) is 10.0 Å². The molecule has 7 amide bonds. The number of rotatable bonds is 34. The van der Waals surface area contributed by atoms with E-state index in [-0.39, 0.29) is 75.1 Å². The number of morpholine rings is 1. The summed E-state index contributed by atoms with van der Waals surface area (Å²) in [6, 6.07) is 51.6. The summed E-state index contributed by atoms with van der Waals surface area (Å²) in [6.07, 6.45) is 11.1. The number of benzene rings is 8. The van der Waals surface area contributed by atoms with E-state index in [1.165, 1.54) is 36.7 Å². The fourth-order valence-electron chi connectivity index (χ4n) is 15.2. The van der Waals surface area contributed by atoms with Gasteiger partial charge in [-0.25, -0.2) is 19.9 Å². The van der Waals surface area contributed by atoms with Crippen LogP contribution in [-0.2, 0) is 38.3 Å². The Kier molecular flexibility index (Phi) is 38.2. The van der Waals surface area contributed by atoms with Gasteiger partial charge in [-0.1, -0.05) is 73.8 Å². The molecular weight excluding hydrogens is 1930 g/mol. The predicted octanol–water partition coefficient (Wildman–Crippen LogP) is 15.2. The number of carbonyl (C=O) groups excluding carboxylic acids is 7. The Balaban J connectivity index is 0.000000164. The van der Waals surface area contributed by atoms with Gasteiger partial charge in [-0.2, -0.15) is 19.9 Å². The molecule has 4 aromatic heterocycles. The van der Waals surface area contributed by atoms with Crippen LogP contribution in [-0.4, -0.2) is 253 Å².